The summed E-state index contributed by atoms with van der Waals surface area (Å²) in [4.78, 5) is 12.5. The predicted octanol–water partition coefficient (Wildman–Crippen LogP) is 3.01. The van der Waals surface area contributed by atoms with E-state index in [-0.39, 0.29) is 23.7 Å². The molecular formula is C20H22FNO3. The fourth-order valence-corrected chi connectivity index (χ4v) is 3.07. The lowest BCUT2D eigenvalue weighted by Crippen LogP contribution is -2.42. The largest absolute Gasteiger partial charge is 0.492 e. The minimum absolute atomic E-state index is 0.0756. The number of fused-ring (bicyclic) bond motifs is 1. The highest BCUT2D eigenvalue weighted by molar-refractivity contribution is 5.79. The quantitative estimate of drug-likeness (QED) is 0.877. The second-order valence-electron chi connectivity index (χ2n) is 6.53. The Hall–Kier alpha value is -2.40. The summed E-state index contributed by atoms with van der Waals surface area (Å²) in [5, 5.41) is 13.2. The zero-order valence-electron chi connectivity index (χ0n) is 14.1. The molecule has 0 spiro atoms. The molecule has 2 aromatic rings. The van der Waals surface area contributed by atoms with E-state index < -0.39 is 6.10 Å². The molecule has 2 N–H and O–H groups in total. The lowest BCUT2D eigenvalue weighted by atomic mass is 9.95. The Morgan fingerprint density at radius 3 is 2.76 bits per heavy atom. The molecule has 1 amide bonds. The predicted molar refractivity (Wildman–Crippen MR) is 92.7 cm³/mol. The summed E-state index contributed by atoms with van der Waals surface area (Å²) in [7, 11) is 0. The number of nitrogens with one attached hydrogen (secondary N) is 1. The van der Waals surface area contributed by atoms with Crippen LogP contribution in [-0.2, 0) is 11.2 Å². The maximum Gasteiger partial charge on any atom is 0.227 e. The summed E-state index contributed by atoms with van der Waals surface area (Å²) in [6, 6.07) is 13.3. The van der Waals surface area contributed by atoms with Gasteiger partial charge < -0.3 is 15.2 Å². The van der Waals surface area contributed by atoms with Gasteiger partial charge in [0, 0.05) is 6.04 Å². The minimum atomic E-state index is -0.751. The number of ether oxygens (including phenoxy) is 1. The summed E-state index contributed by atoms with van der Waals surface area (Å²) in [5.74, 6) is 0.190. The number of para-hydroxylation sites is 1. The van der Waals surface area contributed by atoms with Crippen molar-refractivity contribution in [2.45, 2.75) is 31.9 Å². The van der Waals surface area contributed by atoms with Gasteiger partial charge in [-0.3, -0.25) is 4.79 Å². The van der Waals surface area contributed by atoms with Crippen LogP contribution in [0.3, 0.4) is 0 Å². The fourth-order valence-electron chi connectivity index (χ4n) is 3.07. The maximum atomic E-state index is 12.9. The van der Waals surface area contributed by atoms with Gasteiger partial charge in [-0.25, -0.2) is 4.39 Å². The van der Waals surface area contributed by atoms with Crippen molar-refractivity contribution in [3.8, 4) is 5.75 Å². The average Bonchev–Trinajstić information content (AvgIpc) is 2.61. The van der Waals surface area contributed by atoms with Gasteiger partial charge in [-0.15, -0.1) is 0 Å². The number of hydrogen-bond acceptors (Lipinski definition) is 3. The van der Waals surface area contributed by atoms with Crippen molar-refractivity contribution < 1.29 is 19.0 Å². The van der Waals surface area contributed by atoms with Crippen molar-refractivity contribution in [3.05, 3.63) is 65.5 Å². The van der Waals surface area contributed by atoms with E-state index in [0.29, 0.717) is 25.0 Å². The van der Waals surface area contributed by atoms with Gasteiger partial charge in [0.05, 0.1) is 12.0 Å². The molecule has 0 saturated carbocycles. The van der Waals surface area contributed by atoms with E-state index in [1.54, 1.807) is 12.1 Å². The molecule has 0 bridgehead atoms. The third kappa shape index (κ3) is 4.37. The van der Waals surface area contributed by atoms with Crippen LogP contribution in [0, 0.1) is 11.7 Å². The maximum absolute atomic E-state index is 12.9. The standard InChI is InChI=1S/C20H22FNO3/c1-13(10-18(23)14-6-8-17(21)9-7-14)22-20(24)16-11-15-4-2-3-5-19(15)25-12-16/h2-9,13,16,18,23H,10-12H2,1H3,(H,22,24). The summed E-state index contributed by atoms with van der Waals surface area (Å²) >= 11 is 0. The van der Waals surface area contributed by atoms with Crippen molar-refractivity contribution >= 4 is 5.91 Å². The topological polar surface area (TPSA) is 58.6 Å². The van der Waals surface area contributed by atoms with Gasteiger partial charge in [-0.1, -0.05) is 30.3 Å². The Balaban J connectivity index is 1.53. The van der Waals surface area contributed by atoms with Gasteiger partial charge >= 0.3 is 0 Å². The normalized spacial score (nSPS) is 18.6. The molecule has 1 aliphatic rings. The third-order valence-corrected chi connectivity index (χ3v) is 4.47. The van der Waals surface area contributed by atoms with E-state index in [1.165, 1.54) is 12.1 Å². The monoisotopic (exact) mass is 343 g/mol. The van der Waals surface area contributed by atoms with Crippen LogP contribution in [0.25, 0.3) is 0 Å². The Labute approximate surface area is 146 Å². The zero-order chi connectivity index (χ0) is 17.8. The van der Waals surface area contributed by atoms with Gasteiger partial charge in [0.25, 0.3) is 0 Å². The molecule has 3 rings (SSSR count). The Bertz CT molecular complexity index is 732. The first kappa shape index (κ1) is 17.4. The molecule has 1 aliphatic heterocycles. The lowest BCUT2D eigenvalue weighted by Gasteiger charge is -2.26. The molecule has 3 unspecified atom stereocenters. The van der Waals surface area contributed by atoms with Gasteiger partial charge in [0.2, 0.25) is 5.91 Å². The summed E-state index contributed by atoms with van der Waals surface area (Å²) < 4.78 is 18.6. The number of benzene rings is 2. The zero-order valence-corrected chi connectivity index (χ0v) is 14.1. The number of carbonyl (C=O) groups is 1. The fraction of sp³-hybridized carbons (Fsp3) is 0.350. The van der Waals surface area contributed by atoms with Gasteiger partial charge in [-0.2, -0.15) is 0 Å². The number of halogens is 1. The van der Waals surface area contributed by atoms with E-state index in [9.17, 15) is 14.3 Å². The first-order valence-corrected chi connectivity index (χ1v) is 8.47. The Morgan fingerprint density at radius 2 is 2.00 bits per heavy atom. The number of aliphatic hydroxyl groups is 1. The van der Waals surface area contributed by atoms with Crippen molar-refractivity contribution in [1.29, 1.82) is 0 Å². The molecule has 0 saturated heterocycles. The van der Waals surface area contributed by atoms with Crippen LogP contribution in [0.1, 0.15) is 30.6 Å². The smallest absolute Gasteiger partial charge is 0.227 e. The van der Waals surface area contributed by atoms with Gasteiger partial charge in [0.1, 0.15) is 18.2 Å². The van der Waals surface area contributed by atoms with E-state index in [0.717, 1.165) is 11.3 Å². The molecule has 1 heterocycles. The molecule has 5 heteroatoms. The summed E-state index contributed by atoms with van der Waals surface area (Å²) in [6.07, 6.45) is 0.260. The molecule has 132 valence electrons. The highest BCUT2D eigenvalue weighted by Gasteiger charge is 2.27. The second-order valence-corrected chi connectivity index (χ2v) is 6.53. The van der Waals surface area contributed by atoms with Crippen molar-refractivity contribution in [2.75, 3.05) is 6.61 Å². The van der Waals surface area contributed by atoms with Crippen molar-refractivity contribution in [1.82, 2.24) is 5.32 Å². The number of aliphatic hydroxyl groups excluding tert-OH is 1. The average molecular weight is 343 g/mol. The number of carbonyl (C=O) groups excluding carboxylic acids is 1. The van der Waals surface area contributed by atoms with Crippen LogP contribution in [0.4, 0.5) is 4.39 Å². The van der Waals surface area contributed by atoms with Crippen LogP contribution >= 0.6 is 0 Å². The summed E-state index contributed by atoms with van der Waals surface area (Å²) in [6.45, 7) is 2.21. The Kier molecular flexibility index (Phi) is 5.34. The van der Waals surface area contributed by atoms with E-state index in [1.807, 2.05) is 31.2 Å². The number of amides is 1. The van der Waals surface area contributed by atoms with Gasteiger partial charge in [-0.05, 0) is 49.1 Å². The van der Waals surface area contributed by atoms with Crippen LogP contribution in [0.2, 0.25) is 0 Å². The molecule has 0 fully saturated rings. The van der Waals surface area contributed by atoms with E-state index >= 15 is 0 Å². The van der Waals surface area contributed by atoms with Crippen molar-refractivity contribution in [2.24, 2.45) is 5.92 Å². The van der Waals surface area contributed by atoms with E-state index in [4.69, 9.17) is 4.74 Å². The SMILES string of the molecule is CC(CC(O)c1ccc(F)cc1)NC(=O)C1COc2ccccc2C1. The molecular weight excluding hydrogens is 321 g/mol. The first-order valence-electron chi connectivity index (χ1n) is 8.47. The molecule has 3 atom stereocenters. The van der Waals surface area contributed by atoms with Crippen molar-refractivity contribution in [3.63, 3.8) is 0 Å². The van der Waals surface area contributed by atoms with Crippen LogP contribution in [0.5, 0.6) is 5.75 Å². The molecule has 25 heavy (non-hydrogen) atoms. The van der Waals surface area contributed by atoms with Gasteiger partial charge in [0.15, 0.2) is 0 Å². The molecule has 0 aromatic heterocycles. The first-order chi connectivity index (χ1) is 12.0. The van der Waals surface area contributed by atoms with Crippen LogP contribution in [-0.4, -0.2) is 23.7 Å². The number of rotatable bonds is 5. The Morgan fingerprint density at radius 1 is 1.28 bits per heavy atom. The summed E-state index contributed by atoms with van der Waals surface area (Å²) in [5.41, 5.74) is 1.67. The third-order valence-electron chi connectivity index (χ3n) is 4.47. The molecule has 0 radical (unpaired) electrons. The second kappa shape index (κ2) is 7.66. The lowest BCUT2D eigenvalue weighted by molar-refractivity contribution is -0.127. The van der Waals surface area contributed by atoms with Crippen LogP contribution < -0.4 is 10.1 Å². The van der Waals surface area contributed by atoms with E-state index in [2.05, 4.69) is 5.32 Å². The highest BCUT2D eigenvalue weighted by Crippen LogP contribution is 2.27. The molecule has 0 aliphatic carbocycles. The minimum Gasteiger partial charge on any atom is -0.492 e. The highest BCUT2D eigenvalue weighted by atomic mass is 19.1. The van der Waals surface area contributed by atoms with Crippen LogP contribution in [0.15, 0.2) is 48.5 Å². The number of hydrogen-bond donors (Lipinski definition) is 2. The molecule has 2 aromatic carbocycles. The molecule has 4 nitrogen and oxygen atoms in total.